The number of halogens is 1. The molecular weight excluding hydrogens is 425 g/mol. The number of amides is 2. The number of fused-ring (bicyclic) bond motifs is 1. The van der Waals surface area contributed by atoms with E-state index in [0.717, 1.165) is 49.3 Å². The molecule has 172 valence electrons. The van der Waals surface area contributed by atoms with Crippen LogP contribution in [0.15, 0.2) is 43.0 Å². The first-order chi connectivity index (χ1) is 15.4. The maximum atomic E-state index is 13.9. The molecule has 1 fully saturated rings. The molecule has 1 aliphatic heterocycles. The van der Waals surface area contributed by atoms with Crippen LogP contribution in [-0.2, 0) is 9.59 Å². The molecule has 1 aliphatic rings. The van der Waals surface area contributed by atoms with E-state index in [-0.39, 0.29) is 5.12 Å². The van der Waals surface area contributed by atoms with Gasteiger partial charge in [0.1, 0.15) is 6.04 Å². The van der Waals surface area contributed by atoms with Crippen molar-refractivity contribution in [1.82, 2.24) is 9.43 Å². The minimum Gasteiger partial charge on any atom is -0.302 e. The molecule has 0 spiro atoms. The van der Waals surface area contributed by atoms with Crippen molar-refractivity contribution in [3.05, 3.63) is 54.1 Å². The van der Waals surface area contributed by atoms with Crippen LogP contribution in [0.1, 0.15) is 42.7 Å². The number of likely N-dealkylation sites (N-methyl/N-ethyl adjacent to an activating group) is 1. The number of allylic oxidation sites excluding steroid dienone is 1. The first-order valence-corrected chi connectivity index (χ1v) is 12.2. The van der Waals surface area contributed by atoms with Crippen LogP contribution in [0.5, 0.6) is 0 Å². The zero-order valence-electron chi connectivity index (χ0n) is 19.1. The number of piperidine rings is 1. The summed E-state index contributed by atoms with van der Waals surface area (Å²) in [6.45, 7) is 7.80. The van der Waals surface area contributed by atoms with Crippen molar-refractivity contribution in [3.8, 4) is 0 Å². The summed E-state index contributed by atoms with van der Waals surface area (Å²) in [6, 6.07) is 9.21. The quantitative estimate of drug-likeness (QED) is 0.223. The normalized spacial score (nSPS) is 16.0. The summed E-state index contributed by atoms with van der Waals surface area (Å²) in [5.74, 6) is -0.300. The zero-order valence-corrected chi connectivity index (χ0v) is 19.9. The highest BCUT2D eigenvalue weighted by Crippen LogP contribution is 2.39. The Hall–Kier alpha value is -2.38. The first kappa shape index (κ1) is 24.3. The summed E-state index contributed by atoms with van der Waals surface area (Å²) in [7, 11) is 1.07. The zero-order chi connectivity index (χ0) is 23.3. The predicted octanol–water partition coefficient (Wildman–Crippen LogP) is 5.25. The fraction of sp³-hybridized carbons (Fsp3) is 0.440. The SMILES string of the molecule is C=CCCC(C(=O)N(C)F)N(C=O)c1ccc(C2CCN(SC)CC2)c2cccc(C)c12. The molecule has 0 N–H and O–H groups in total. The van der Waals surface area contributed by atoms with E-state index in [1.54, 1.807) is 18.0 Å². The number of carbonyl (C=O) groups is 2. The highest BCUT2D eigenvalue weighted by Gasteiger charge is 2.31. The topological polar surface area (TPSA) is 43.9 Å². The molecule has 5 nitrogen and oxygen atoms in total. The summed E-state index contributed by atoms with van der Waals surface area (Å²) in [4.78, 5) is 26.3. The van der Waals surface area contributed by atoms with E-state index >= 15 is 0 Å². The van der Waals surface area contributed by atoms with Gasteiger partial charge in [-0.15, -0.1) is 6.58 Å². The van der Waals surface area contributed by atoms with Crippen LogP contribution in [0.3, 0.4) is 0 Å². The second kappa shape index (κ2) is 11.0. The second-order valence-corrected chi connectivity index (χ2v) is 9.15. The number of aryl methyl sites for hydroxylation is 1. The molecule has 2 aromatic rings. The van der Waals surface area contributed by atoms with Crippen molar-refractivity contribution in [2.45, 2.75) is 44.6 Å². The molecule has 2 amide bonds. The third-order valence-corrected chi connectivity index (χ3v) is 7.25. The maximum Gasteiger partial charge on any atom is 0.273 e. The van der Waals surface area contributed by atoms with Crippen LogP contribution >= 0.6 is 11.9 Å². The molecule has 0 bridgehead atoms. The van der Waals surface area contributed by atoms with E-state index in [9.17, 15) is 14.1 Å². The summed E-state index contributed by atoms with van der Waals surface area (Å²) in [5.41, 5.74) is 2.94. The lowest BCUT2D eigenvalue weighted by atomic mass is 9.85. The molecule has 1 saturated heterocycles. The second-order valence-electron chi connectivity index (χ2n) is 8.27. The Kier molecular flexibility index (Phi) is 8.32. The Bertz CT molecular complexity index is 973. The molecule has 1 heterocycles. The van der Waals surface area contributed by atoms with Crippen molar-refractivity contribution >= 4 is 40.7 Å². The van der Waals surface area contributed by atoms with Crippen LogP contribution < -0.4 is 4.90 Å². The largest absolute Gasteiger partial charge is 0.302 e. The Labute approximate surface area is 194 Å². The highest BCUT2D eigenvalue weighted by atomic mass is 32.2. The average Bonchev–Trinajstić information content (AvgIpc) is 2.81. The van der Waals surface area contributed by atoms with Crippen molar-refractivity contribution in [2.24, 2.45) is 0 Å². The number of benzene rings is 2. The summed E-state index contributed by atoms with van der Waals surface area (Å²) in [5, 5.41) is 2.11. The fourth-order valence-corrected chi connectivity index (χ4v) is 5.25. The Morgan fingerprint density at radius 3 is 2.62 bits per heavy atom. The molecule has 1 atom stereocenters. The Balaban J connectivity index is 2.09. The molecule has 3 rings (SSSR count). The number of carbonyl (C=O) groups excluding carboxylic acids is 2. The lowest BCUT2D eigenvalue weighted by molar-refractivity contribution is -0.145. The number of hydrogen-bond acceptors (Lipinski definition) is 4. The van der Waals surface area contributed by atoms with E-state index in [1.165, 1.54) is 10.5 Å². The van der Waals surface area contributed by atoms with E-state index in [2.05, 4.69) is 29.3 Å². The number of rotatable bonds is 9. The third-order valence-electron chi connectivity index (χ3n) is 6.37. The average molecular weight is 458 g/mol. The Morgan fingerprint density at radius 2 is 2.03 bits per heavy atom. The molecule has 32 heavy (non-hydrogen) atoms. The van der Waals surface area contributed by atoms with Crippen LogP contribution in [0.25, 0.3) is 10.8 Å². The highest BCUT2D eigenvalue weighted by molar-refractivity contribution is 7.96. The fourth-order valence-electron chi connectivity index (χ4n) is 4.67. The number of hydrogen-bond donors (Lipinski definition) is 0. The van der Waals surface area contributed by atoms with Gasteiger partial charge in [0.05, 0.1) is 5.69 Å². The van der Waals surface area contributed by atoms with Gasteiger partial charge in [-0.25, -0.2) is 0 Å². The number of nitrogens with zero attached hydrogens (tertiary/aromatic N) is 3. The smallest absolute Gasteiger partial charge is 0.273 e. The Morgan fingerprint density at radius 1 is 1.31 bits per heavy atom. The molecule has 7 heteroatoms. The summed E-state index contributed by atoms with van der Waals surface area (Å²) >= 11 is 1.79. The predicted molar refractivity (Wildman–Crippen MR) is 131 cm³/mol. The van der Waals surface area contributed by atoms with Crippen molar-refractivity contribution in [1.29, 1.82) is 0 Å². The van der Waals surface area contributed by atoms with Gasteiger partial charge in [-0.05, 0) is 67.4 Å². The summed E-state index contributed by atoms with van der Waals surface area (Å²) < 4.78 is 16.2. The van der Waals surface area contributed by atoms with Gasteiger partial charge in [-0.3, -0.25) is 13.9 Å². The molecule has 0 aromatic heterocycles. The molecule has 0 saturated carbocycles. The van der Waals surface area contributed by atoms with Crippen LogP contribution in [0, 0.1) is 6.92 Å². The van der Waals surface area contributed by atoms with E-state index in [0.29, 0.717) is 30.9 Å². The molecular formula is C25H32FN3O2S. The summed E-state index contributed by atoms with van der Waals surface area (Å²) in [6.07, 6.45) is 7.39. The van der Waals surface area contributed by atoms with Gasteiger partial charge in [0.15, 0.2) is 0 Å². The lowest BCUT2D eigenvalue weighted by Crippen LogP contribution is -2.45. The van der Waals surface area contributed by atoms with Crippen molar-refractivity contribution in [2.75, 3.05) is 31.3 Å². The standard InChI is InChI=1S/C25H32FN3O2S/c1-5-6-10-23(25(31)27(3)26)29(17-30)22-12-11-20(19-13-15-28(32-4)16-14-19)21-9-7-8-18(2)24(21)22/h5,7-9,11-12,17,19,23H,1,6,10,13-16H2,2-4H3. The van der Waals surface area contributed by atoms with Gasteiger partial charge in [0.2, 0.25) is 6.41 Å². The lowest BCUT2D eigenvalue weighted by Gasteiger charge is -2.33. The third kappa shape index (κ3) is 4.99. The van der Waals surface area contributed by atoms with Gasteiger partial charge in [-0.1, -0.05) is 46.8 Å². The monoisotopic (exact) mass is 457 g/mol. The minimum atomic E-state index is -0.932. The van der Waals surface area contributed by atoms with Gasteiger partial charge < -0.3 is 4.90 Å². The van der Waals surface area contributed by atoms with Crippen LogP contribution in [-0.4, -0.2) is 54.2 Å². The van der Waals surface area contributed by atoms with Crippen molar-refractivity contribution in [3.63, 3.8) is 0 Å². The van der Waals surface area contributed by atoms with E-state index in [4.69, 9.17) is 0 Å². The van der Waals surface area contributed by atoms with Gasteiger partial charge in [0, 0.05) is 25.5 Å². The van der Waals surface area contributed by atoms with Crippen LogP contribution in [0.2, 0.25) is 0 Å². The number of anilines is 1. The molecule has 1 unspecified atom stereocenters. The molecule has 0 radical (unpaired) electrons. The van der Waals surface area contributed by atoms with Gasteiger partial charge >= 0.3 is 0 Å². The van der Waals surface area contributed by atoms with Crippen LogP contribution in [0.4, 0.5) is 10.2 Å². The molecule has 2 aromatic carbocycles. The first-order valence-electron chi connectivity index (χ1n) is 11.0. The van der Waals surface area contributed by atoms with Crippen molar-refractivity contribution < 1.29 is 14.1 Å². The minimum absolute atomic E-state index is 0.0627. The van der Waals surface area contributed by atoms with Gasteiger partial charge in [0.25, 0.3) is 5.91 Å². The van der Waals surface area contributed by atoms with E-state index < -0.39 is 11.9 Å². The maximum absolute atomic E-state index is 13.9. The molecule has 0 aliphatic carbocycles. The van der Waals surface area contributed by atoms with E-state index in [1.807, 2.05) is 25.1 Å². The van der Waals surface area contributed by atoms with Gasteiger partial charge in [-0.2, -0.15) is 5.12 Å².